The number of nitrogens with one attached hydrogen (secondary N) is 1. The van der Waals surface area contributed by atoms with Crippen LogP contribution in [0.4, 0.5) is 0 Å². The molecule has 5 nitrogen and oxygen atoms in total. The molecule has 20 heavy (non-hydrogen) atoms. The zero-order chi connectivity index (χ0) is 14.8. The molecule has 2 rings (SSSR count). The number of hydrogen-bond donors (Lipinski definition) is 1. The Morgan fingerprint density at radius 1 is 1.20 bits per heavy atom. The molecular weight excluding hydrogens is 414 g/mol. The summed E-state index contributed by atoms with van der Waals surface area (Å²) in [6.07, 6.45) is 0. The van der Waals surface area contributed by atoms with Crippen LogP contribution in [-0.4, -0.2) is 37.8 Å². The Labute approximate surface area is 135 Å². The van der Waals surface area contributed by atoms with Crippen molar-refractivity contribution in [2.45, 2.75) is 17.4 Å². The van der Waals surface area contributed by atoms with Gasteiger partial charge in [-0.05, 0) is 19.1 Å². The molecular formula is C12H15Br2NO4S. The predicted octanol–water partition coefficient (Wildman–Crippen LogP) is 2.28. The van der Waals surface area contributed by atoms with Gasteiger partial charge in [-0.3, -0.25) is 0 Å². The molecule has 1 aromatic carbocycles. The minimum Gasteiger partial charge on any atom is -0.486 e. The highest BCUT2D eigenvalue weighted by Crippen LogP contribution is 2.32. The summed E-state index contributed by atoms with van der Waals surface area (Å²) in [5.74, 6) is 1.03. The average Bonchev–Trinajstić information content (AvgIpc) is 2.46. The van der Waals surface area contributed by atoms with E-state index >= 15 is 0 Å². The number of halogens is 2. The number of fused-ring (bicyclic) bond motifs is 1. The van der Waals surface area contributed by atoms with E-state index in [1.807, 2.05) is 6.92 Å². The second kappa shape index (κ2) is 6.21. The Morgan fingerprint density at radius 2 is 1.80 bits per heavy atom. The lowest BCUT2D eigenvalue weighted by Crippen LogP contribution is -2.48. The summed E-state index contributed by atoms with van der Waals surface area (Å²) in [5.41, 5.74) is -0.605. The molecule has 0 spiro atoms. The minimum absolute atomic E-state index is 0.162. The van der Waals surface area contributed by atoms with Crippen LogP contribution in [0.5, 0.6) is 11.5 Å². The van der Waals surface area contributed by atoms with Crippen LogP contribution in [0.1, 0.15) is 6.92 Å². The number of ether oxygens (including phenoxy) is 2. The predicted molar refractivity (Wildman–Crippen MR) is 83.7 cm³/mol. The molecule has 0 aromatic heterocycles. The second-order valence-electron chi connectivity index (χ2n) is 4.74. The van der Waals surface area contributed by atoms with Crippen molar-refractivity contribution in [1.29, 1.82) is 0 Å². The topological polar surface area (TPSA) is 64.6 Å². The molecule has 8 heteroatoms. The van der Waals surface area contributed by atoms with Gasteiger partial charge in [0, 0.05) is 22.3 Å². The fourth-order valence-corrected chi connectivity index (χ4v) is 4.66. The van der Waals surface area contributed by atoms with Crippen LogP contribution in [0.15, 0.2) is 23.1 Å². The second-order valence-corrected chi connectivity index (χ2v) is 7.54. The Morgan fingerprint density at radius 3 is 2.40 bits per heavy atom. The van der Waals surface area contributed by atoms with Crippen molar-refractivity contribution in [2.24, 2.45) is 0 Å². The Kier molecular flexibility index (Phi) is 4.99. The largest absolute Gasteiger partial charge is 0.486 e. The minimum atomic E-state index is -3.62. The third-order valence-electron chi connectivity index (χ3n) is 2.79. The molecule has 1 aliphatic heterocycles. The summed E-state index contributed by atoms with van der Waals surface area (Å²) in [4.78, 5) is 0.162. The summed E-state index contributed by atoms with van der Waals surface area (Å²) < 4.78 is 38.3. The highest BCUT2D eigenvalue weighted by molar-refractivity contribution is 9.09. The molecule has 0 saturated heterocycles. The first-order valence-electron chi connectivity index (χ1n) is 5.96. The normalized spacial score (nSPS) is 15.2. The van der Waals surface area contributed by atoms with E-state index in [0.717, 1.165) is 0 Å². The van der Waals surface area contributed by atoms with Crippen LogP contribution in [0.2, 0.25) is 0 Å². The SMILES string of the molecule is CC(CBr)(CBr)NS(=O)(=O)c1ccc2c(c1)OCCO2. The fraction of sp³-hybridized carbons (Fsp3) is 0.500. The average molecular weight is 429 g/mol. The maximum atomic E-state index is 12.4. The van der Waals surface area contributed by atoms with E-state index in [0.29, 0.717) is 35.4 Å². The molecule has 0 aliphatic carbocycles. The highest BCUT2D eigenvalue weighted by Gasteiger charge is 2.29. The van der Waals surface area contributed by atoms with Crippen molar-refractivity contribution in [3.63, 3.8) is 0 Å². The van der Waals surface area contributed by atoms with E-state index in [4.69, 9.17) is 9.47 Å². The molecule has 0 radical (unpaired) electrons. The molecule has 0 saturated carbocycles. The van der Waals surface area contributed by atoms with Crippen LogP contribution in [0.3, 0.4) is 0 Å². The van der Waals surface area contributed by atoms with Gasteiger partial charge >= 0.3 is 0 Å². The highest BCUT2D eigenvalue weighted by atomic mass is 79.9. The molecule has 1 aliphatic rings. The first kappa shape index (κ1) is 16.1. The lowest BCUT2D eigenvalue weighted by molar-refractivity contribution is 0.171. The molecule has 1 aromatic rings. The van der Waals surface area contributed by atoms with Crippen LogP contribution in [0.25, 0.3) is 0 Å². The summed E-state index contributed by atoms with van der Waals surface area (Å²) in [5, 5.41) is 0.990. The van der Waals surface area contributed by atoms with Crippen molar-refractivity contribution in [3.05, 3.63) is 18.2 Å². The van der Waals surface area contributed by atoms with E-state index in [2.05, 4.69) is 36.6 Å². The van der Waals surface area contributed by atoms with Crippen LogP contribution in [0, 0.1) is 0 Å². The first-order chi connectivity index (χ1) is 9.40. The quantitative estimate of drug-likeness (QED) is 0.730. The van der Waals surface area contributed by atoms with Crippen molar-refractivity contribution >= 4 is 41.9 Å². The zero-order valence-electron chi connectivity index (χ0n) is 10.9. The van der Waals surface area contributed by atoms with E-state index in [1.54, 1.807) is 6.07 Å². The first-order valence-corrected chi connectivity index (χ1v) is 9.68. The molecule has 112 valence electrons. The molecule has 0 fully saturated rings. The van der Waals surface area contributed by atoms with Crippen LogP contribution >= 0.6 is 31.9 Å². The van der Waals surface area contributed by atoms with Crippen molar-refractivity contribution in [3.8, 4) is 11.5 Å². The molecule has 1 heterocycles. The van der Waals surface area contributed by atoms with Gasteiger partial charge in [0.25, 0.3) is 0 Å². The smallest absolute Gasteiger partial charge is 0.241 e. The van der Waals surface area contributed by atoms with Gasteiger partial charge in [-0.25, -0.2) is 13.1 Å². The third-order valence-corrected chi connectivity index (χ3v) is 6.91. The van der Waals surface area contributed by atoms with Gasteiger partial charge in [0.15, 0.2) is 11.5 Å². The lowest BCUT2D eigenvalue weighted by Gasteiger charge is -2.26. The standard InChI is InChI=1S/C12H15Br2NO4S/c1-12(7-13,8-14)15-20(16,17)9-2-3-10-11(6-9)19-5-4-18-10/h2-3,6,15H,4-5,7-8H2,1H3. The Hall–Kier alpha value is -0.310. The van der Waals surface area contributed by atoms with E-state index in [9.17, 15) is 8.42 Å². The van der Waals surface area contributed by atoms with Gasteiger partial charge in [0.05, 0.1) is 4.90 Å². The maximum Gasteiger partial charge on any atom is 0.241 e. The van der Waals surface area contributed by atoms with Gasteiger partial charge in [0.1, 0.15) is 13.2 Å². The fourth-order valence-electron chi connectivity index (χ4n) is 1.66. The number of sulfonamides is 1. The van der Waals surface area contributed by atoms with Crippen molar-refractivity contribution in [2.75, 3.05) is 23.9 Å². The van der Waals surface area contributed by atoms with E-state index < -0.39 is 15.6 Å². The number of rotatable bonds is 5. The number of benzene rings is 1. The van der Waals surface area contributed by atoms with E-state index in [-0.39, 0.29) is 4.90 Å². The van der Waals surface area contributed by atoms with Crippen LogP contribution in [-0.2, 0) is 10.0 Å². The molecule has 0 atom stereocenters. The van der Waals surface area contributed by atoms with Gasteiger partial charge in [-0.2, -0.15) is 0 Å². The summed E-state index contributed by atoms with van der Waals surface area (Å²) in [6.45, 7) is 2.71. The van der Waals surface area contributed by atoms with Crippen LogP contribution < -0.4 is 14.2 Å². The zero-order valence-corrected chi connectivity index (χ0v) is 14.8. The summed E-state index contributed by atoms with van der Waals surface area (Å²) >= 11 is 6.63. The van der Waals surface area contributed by atoms with E-state index in [1.165, 1.54) is 12.1 Å². The number of hydrogen-bond acceptors (Lipinski definition) is 4. The van der Waals surface area contributed by atoms with Gasteiger partial charge in [0.2, 0.25) is 10.0 Å². The monoisotopic (exact) mass is 427 g/mol. The summed E-state index contributed by atoms with van der Waals surface area (Å²) in [6, 6.07) is 4.61. The third kappa shape index (κ3) is 3.47. The number of alkyl halides is 2. The lowest BCUT2D eigenvalue weighted by atomic mass is 10.1. The van der Waals surface area contributed by atoms with Gasteiger partial charge < -0.3 is 9.47 Å². The van der Waals surface area contributed by atoms with Crippen molar-refractivity contribution < 1.29 is 17.9 Å². The Balaban J connectivity index is 2.30. The van der Waals surface area contributed by atoms with Gasteiger partial charge in [-0.15, -0.1) is 0 Å². The van der Waals surface area contributed by atoms with Crippen molar-refractivity contribution in [1.82, 2.24) is 4.72 Å². The molecule has 1 N–H and O–H groups in total. The molecule has 0 bridgehead atoms. The summed E-state index contributed by atoms with van der Waals surface area (Å²) in [7, 11) is -3.62. The van der Waals surface area contributed by atoms with Gasteiger partial charge in [-0.1, -0.05) is 31.9 Å². The Bertz CT molecular complexity index is 587. The maximum absolute atomic E-state index is 12.4. The molecule has 0 amide bonds. The molecule has 0 unspecified atom stereocenters.